The first-order chi connectivity index (χ1) is 23.4. The lowest BCUT2D eigenvalue weighted by molar-refractivity contribution is -0.398. The number of hydrogen-bond acceptors (Lipinski definition) is 10. The van der Waals surface area contributed by atoms with E-state index in [0.717, 1.165) is 0 Å². The zero-order valence-electron chi connectivity index (χ0n) is 30.0. The summed E-state index contributed by atoms with van der Waals surface area (Å²) in [4.78, 5) is 99.6. The van der Waals surface area contributed by atoms with Crippen LogP contribution in [-0.2, 0) is 38.4 Å². The van der Waals surface area contributed by atoms with Crippen LogP contribution in [0.2, 0.25) is 0 Å². The minimum absolute atomic E-state index is 0.0769. The van der Waals surface area contributed by atoms with Gasteiger partial charge in [-0.1, -0.05) is 6.92 Å². The molecule has 0 spiro atoms. The maximum Gasteiger partial charge on any atom is 0.278 e. The van der Waals surface area contributed by atoms with E-state index in [-0.39, 0.29) is 18.7 Å². The van der Waals surface area contributed by atoms with Gasteiger partial charge in [-0.2, -0.15) is 0 Å². The molecular formula is C31H58N9O10+. The molecule has 0 fully saturated rings. The van der Waals surface area contributed by atoms with E-state index < -0.39 is 89.8 Å². The predicted molar refractivity (Wildman–Crippen MR) is 176 cm³/mol. The molecule has 0 aromatic heterocycles. The van der Waals surface area contributed by atoms with Gasteiger partial charge in [-0.15, -0.1) is 0 Å². The number of aliphatic hydroxyl groups is 1. The van der Waals surface area contributed by atoms with Crippen molar-refractivity contribution in [2.45, 2.75) is 135 Å². The van der Waals surface area contributed by atoms with Gasteiger partial charge in [-0.3, -0.25) is 33.6 Å². The lowest BCUT2D eigenvalue weighted by atomic mass is 10.1. The van der Waals surface area contributed by atoms with Crippen molar-refractivity contribution >= 4 is 47.3 Å². The molecule has 8 atom stereocenters. The van der Waals surface area contributed by atoms with Crippen LogP contribution in [0.15, 0.2) is 0 Å². The third-order valence-electron chi connectivity index (χ3n) is 7.56. The van der Waals surface area contributed by atoms with Crippen LogP contribution in [0.4, 0.5) is 0 Å². The number of carboxylic acids is 1. The third-order valence-corrected chi connectivity index (χ3v) is 7.56. The van der Waals surface area contributed by atoms with Crippen molar-refractivity contribution < 1.29 is 60.0 Å². The summed E-state index contributed by atoms with van der Waals surface area (Å²) in [7, 11) is 0. The van der Waals surface area contributed by atoms with E-state index in [1.807, 2.05) is 0 Å². The SMILES string of the molecule is CCC(=O)NCCCC[C@H](NC(=O)[C@@H](NC(=O)[C@H](C)[NH3+])[C@@H](C)O)C(=O)N[C@@H](C)C(=O)N[C@@H](C)C(=O)N[C@@H](C)C(=O)N[C@@H](CCCC[NH3+])C(=O)[O-]. The van der Waals surface area contributed by atoms with E-state index in [1.165, 1.54) is 34.6 Å². The van der Waals surface area contributed by atoms with E-state index in [9.17, 15) is 48.6 Å². The lowest BCUT2D eigenvalue weighted by Gasteiger charge is -2.26. The van der Waals surface area contributed by atoms with Gasteiger partial charge in [0.05, 0.1) is 24.7 Å². The van der Waals surface area contributed by atoms with Crippen molar-refractivity contribution in [2.75, 3.05) is 13.1 Å². The molecule has 0 aliphatic heterocycles. The Kier molecular flexibility index (Phi) is 21.8. The summed E-state index contributed by atoms with van der Waals surface area (Å²) in [6.45, 7) is 9.44. The molecule has 19 heteroatoms. The van der Waals surface area contributed by atoms with Crippen molar-refractivity contribution in [3.8, 4) is 0 Å². The Labute approximate surface area is 292 Å². The van der Waals surface area contributed by atoms with Crippen LogP contribution in [0.1, 0.15) is 86.5 Å². The summed E-state index contributed by atoms with van der Waals surface area (Å²) in [5, 5.41) is 38.8. The van der Waals surface area contributed by atoms with E-state index in [4.69, 9.17) is 0 Å². The van der Waals surface area contributed by atoms with Gasteiger partial charge < -0.3 is 63.7 Å². The fourth-order valence-electron chi connectivity index (χ4n) is 4.32. The van der Waals surface area contributed by atoms with Crippen molar-refractivity contribution in [3.05, 3.63) is 0 Å². The molecule has 0 saturated carbocycles. The molecule has 0 rings (SSSR count). The number of carboxylic acid groups (broad SMARTS) is 1. The molecular weight excluding hydrogens is 658 g/mol. The number of aliphatic carboxylic acids is 1. The highest BCUT2D eigenvalue weighted by molar-refractivity contribution is 5.96. The molecule has 0 saturated heterocycles. The summed E-state index contributed by atoms with van der Waals surface area (Å²) >= 11 is 0. The van der Waals surface area contributed by atoms with Crippen molar-refractivity contribution in [3.63, 3.8) is 0 Å². The number of carbonyl (C=O) groups is 8. The average Bonchev–Trinajstić information content (AvgIpc) is 3.04. The normalized spacial score (nSPS) is 15.7. The minimum atomic E-state index is -1.46. The molecule has 0 aliphatic rings. The number of quaternary nitrogens is 2. The molecule has 0 aromatic carbocycles. The molecule has 0 radical (unpaired) electrons. The second kappa shape index (κ2) is 23.9. The van der Waals surface area contributed by atoms with Gasteiger partial charge in [0.25, 0.3) is 5.91 Å². The molecule has 50 heavy (non-hydrogen) atoms. The second-order valence-electron chi connectivity index (χ2n) is 12.3. The van der Waals surface area contributed by atoms with Gasteiger partial charge >= 0.3 is 0 Å². The Morgan fingerprint density at radius 2 is 1.08 bits per heavy atom. The molecule has 7 amide bonds. The standard InChI is InChI=1S/C31H57N9O10/c1-7-23(42)34-15-11-9-12-21(38-30(48)24(20(6)41)40-25(43)16(2)33)29(47)37-18(4)27(45)35-17(3)26(44)36-19(5)28(46)39-22(31(49)50)13-8-10-14-32/h16-22,24,41H,7-15,32-33H2,1-6H3,(H,34,42)(H,35,45)(H,36,44)(H,37,47)(H,38,48)(H,39,46)(H,40,43)(H,49,50)/p+1/t16-,17-,18-,19-,20+,21-,22-,24-/m0/s1. The van der Waals surface area contributed by atoms with Gasteiger partial charge in [0, 0.05) is 13.0 Å². The molecule has 286 valence electrons. The minimum Gasteiger partial charge on any atom is -0.548 e. The molecule has 0 heterocycles. The quantitative estimate of drug-likeness (QED) is 0.0421. The number of aliphatic hydroxyl groups excluding tert-OH is 1. The fourth-order valence-corrected chi connectivity index (χ4v) is 4.32. The number of rotatable bonds is 24. The summed E-state index contributed by atoms with van der Waals surface area (Å²) < 4.78 is 0. The Balaban J connectivity index is 5.44. The van der Waals surface area contributed by atoms with Crippen LogP contribution >= 0.6 is 0 Å². The third kappa shape index (κ3) is 17.9. The first-order valence-corrected chi connectivity index (χ1v) is 17.0. The first-order valence-electron chi connectivity index (χ1n) is 17.0. The number of amides is 7. The molecule has 19 nitrogen and oxygen atoms in total. The Bertz CT molecular complexity index is 1170. The summed E-state index contributed by atoms with van der Waals surface area (Å²) in [5.74, 6) is -6.12. The molecule has 0 bridgehead atoms. The number of hydrogen-bond donors (Lipinski definition) is 10. The van der Waals surface area contributed by atoms with Crippen molar-refractivity contribution in [1.29, 1.82) is 0 Å². The first kappa shape index (κ1) is 45.6. The maximum atomic E-state index is 13.3. The Hall–Kier alpha value is -4.36. The van der Waals surface area contributed by atoms with Crippen LogP contribution in [0.5, 0.6) is 0 Å². The summed E-state index contributed by atoms with van der Waals surface area (Å²) in [5.41, 5.74) is 7.26. The van der Waals surface area contributed by atoms with Crippen molar-refractivity contribution in [1.82, 2.24) is 37.2 Å². The Morgan fingerprint density at radius 1 is 0.620 bits per heavy atom. The maximum absolute atomic E-state index is 13.3. The van der Waals surface area contributed by atoms with E-state index in [0.29, 0.717) is 45.2 Å². The predicted octanol–water partition coefficient (Wildman–Crippen LogP) is -6.18. The van der Waals surface area contributed by atoms with Gasteiger partial charge in [0.2, 0.25) is 35.4 Å². The van der Waals surface area contributed by atoms with Crippen LogP contribution in [0.25, 0.3) is 0 Å². The van der Waals surface area contributed by atoms with E-state index in [2.05, 4.69) is 48.7 Å². The number of nitrogens with one attached hydrogen (secondary N) is 7. The van der Waals surface area contributed by atoms with E-state index in [1.54, 1.807) is 6.92 Å². The van der Waals surface area contributed by atoms with Gasteiger partial charge in [-0.05, 0) is 73.1 Å². The molecule has 14 N–H and O–H groups in total. The summed E-state index contributed by atoms with van der Waals surface area (Å²) in [6, 6.07) is -8.13. The van der Waals surface area contributed by atoms with Crippen LogP contribution in [0.3, 0.4) is 0 Å². The second-order valence-corrected chi connectivity index (χ2v) is 12.3. The van der Waals surface area contributed by atoms with Crippen LogP contribution in [-0.4, -0.2) is 114 Å². The monoisotopic (exact) mass is 716 g/mol. The van der Waals surface area contributed by atoms with Gasteiger partial charge in [0.15, 0.2) is 6.04 Å². The largest absolute Gasteiger partial charge is 0.548 e. The van der Waals surface area contributed by atoms with Crippen LogP contribution < -0.4 is 53.8 Å². The highest BCUT2D eigenvalue weighted by Gasteiger charge is 2.32. The van der Waals surface area contributed by atoms with E-state index >= 15 is 0 Å². The number of carbonyl (C=O) groups excluding carboxylic acids is 8. The summed E-state index contributed by atoms with van der Waals surface area (Å²) in [6.07, 6.45) is 1.19. The highest BCUT2D eigenvalue weighted by atomic mass is 16.4. The van der Waals surface area contributed by atoms with Crippen molar-refractivity contribution in [2.24, 2.45) is 0 Å². The highest BCUT2D eigenvalue weighted by Crippen LogP contribution is 2.05. The Morgan fingerprint density at radius 3 is 1.54 bits per heavy atom. The molecule has 0 aliphatic carbocycles. The topological polar surface area (TPSA) is 319 Å². The van der Waals surface area contributed by atoms with Crippen LogP contribution in [0, 0.1) is 0 Å². The number of unbranched alkanes of at least 4 members (excludes halogenated alkanes) is 2. The van der Waals surface area contributed by atoms with Gasteiger partial charge in [0.1, 0.15) is 30.2 Å². The smallest absolute Gasteiger partial charge is 0.278 e. The fraction of sp³-hybridized carbons (Fsp3) is 0.742. The molecule has 0 unspecified atom stereocenters. The van der Waals surface area contributed by atoms with Gasteiger partial charge in [-0.25, -0.2) is 0 Å². The molecule has 0 aromatic rings. The zero-order chi connectivity index (χ0) is 38.6. The lowest BCUT2D eigenvalue weighted by Crippen LogP contribution is -2.68. The zero-order valence-corrected chi connectivity index (χ0v) is 30.0. The average molecular weight is 717 g/mol.